The molecule has 0 aromatic rings. The lowest BCUT2D eigenvalue weighted by Gasteiger charge is -2.52. The summed E-state index contributed by atoms with van der Waals surface area (Å²) in [7, 11) is 0. The van der Waals surface area contributed by atoms with E-state index in [1.807, 2.05) is 6.92 Å². The molecule has 90 valence electrons. The van der Waals surface area contributed by atoms with Crippen LogP contribution in [0, 0.1) is 5.41 Å². The lowest BCUT2D eigenvalue weighted by Crippen LogP contribution is -2.63. The number of nitrogens with one attached hydrogen (secondary N) is 1. The topological polar surface area (TPSA) is 41.5 Å². The highest BCUT2D eigenvalue weighted by atomic mass is 16.5. The van der Waals surface area contributed by atoms with Crippen LogP contribution in [0.5, 0.6) is 0 Å². The molecular weight excluding hydrogens is 190 g/mol. The first-order valence-electron chi connectivity index (χ1n) is 6.04. The molecule has 3 atom stereocenters. The molecule has 1 aliphatic carbocycles. The zero-order chi connectivity index (χ0) is 11.5. The summed E-state index contributed by atoms with van der Waals surface area (Å²) < 4.78 is 5.67. The lowest BCUT2D eigenvalue weighted by atomic mass is 9.64. The van der Waals surface area contributed by atoms with E-state index in [1.54, 1.807) is 0 Å². The van der Waals surface area contributed by atoms with Crippen LogP contribution >= 0.6 is 0 Å². The van der Waals surface area contributed by atoms with Gasteiger partial charge in [0.2, 0.25) is 0 Å². The average molecular weight is 215 g/mol. The Hall–Kier alpha value is -0.120. The molecule has 0 radical (unpaired) electrons. The van der Waals surface area contributed by atoms with Crippen molar-refractivity contribution >= 4 is 0 Å². The minimum absolute atomic E-state index is 0.193. The molecule has 0 amide bonds. The van der Waals surface area contributed by atoms with E-state index in [0.29, 0.717) is 12.1 Å². The molecule has 0 aromatic carbocycles. The van der Waals surface area contributed by atoms with Crippen molar-refractivity contribution in [1.82, 2.24) is 5.32 Å². The molecule has 2 N–H and O–H groups in total. The lowest BCUT2D eigenvalue weighted by molar-refractivity contribution is -0.117. The van der Waals surface area contributed by atoms with Gasteiger partial charge in [-0.1, -0.05) is 20.8 Å². The Bertz CT molecular complexity index is 190. The fourth-order valence-electron chi connectivity index (χ4n) is 2.24. The number of rotatable bonds is 6. The molecule has 0 aliphatic heterocycles. The first-order valence-corrected chi connectivity index (χ1v) is 6.04. The SMILES string of the molecule is CCOC1CC(NC(CC)CO)C1(C)C. The average Bonchev–Trinajstić information content (AvgIpc) is 2.22. The zero-order valence-corrected chi connectivity index (χ0v) is 10.4. The number of hydrogen-bond acceptors (Lipinski definition) is 3. The Morgan fingerprint density at radius 2 is 2.13 bits per heavy atom. The quantitative estimate of drug-likeness (QED) is 0.706. The van der Waals surface area contributed by atoms with Gasteiger partial charge in [-0.2, -0.15) is 0 Å². The van der Waals surface area contributed by atoms with Crippen LogP contribution in [-0.2, 0) is 4.74 Å². The summed E-state index contributed by atoms with van der Waals surface area (Å²) in [6.45, 7) is 9.62. The van der Waals surface area contributed by atoms with E-state index in [4.69, 9.17) is 9.84 Å². The Balaban J connectivity index is 2.40. The summed E-state index contributed by atoms with van der Waals surface area (Å²) in [6, 6.07) is 0.711. The maximum absolute atomic E-state index is 9.14. The largest absolute Gasteiger partial charge is 0.395 e. The second-order valence-electron chi connectivity index (χ2n) is 5.01. The van der Waals surface area contributed by atoms with E-state index in [9.17, 15) is 0 Å². The number of aliphatic hydroxyl groups is 1. The minimum Gasteiger partial charge on any atom is -0.395 e. The molecule has 0 aromatic heterocycles. The molecule has 3 nitrogen and oxygen atoms in total. The van der Waals surface area contributed by atoms with Gasteiger partial charge < -0.3 is 15.2 Å². The molecule has 1 saturated carbocycles. The minimum atomic E-state index is 0.193. The predicted octanol–water partition coefficient (Wildman–Crippen LogP) is 1.55. The van der Waals surface area contributed by atoms with Gasteiger partial charge in [0.1, 0.15) is 0 Å². The van der Waals surface area contributed by atoms with Gasteiger partial charge in [0.15, 0.2) is 0 Å². The highest BCUT2D eigenvalue weighted by Gasteiger charge is 2.49. The van der Waals surface area contributed by atoms with E-state index < -0.39 is 0 Å². The van der Waals surface area contributed by atoms with Crippen molar-refractivity contribution in [3.05, 3.63) is 0 Å². The molecule has 3 heteroatoms. The molecule has 1 rings (SSSR count). The molecule has 1 fully saturated rings. The molecule has 0 saturated heterocycles. The second-order valence-corrected chi connectivity index (χ2v) is 5.01. The van der Waals surface area contributed by atoms with Crippen molar-refractivity contribution in [3.63, 3.8) is 0 Å². The van der Waals surface area contributed by atoms with Gasteiger partial charge in [0, 0.05) is 24.1 Å². The fraction of sp³-hybridized carbons (Fsp3) is 1.00. The third kappa shape index (κ3) is 2.71. The van der Waals surface area contributed by atoms with E-state index in [-0.39, 0.29) is 18.1 Å². The molecule has 0 bridgehead atoms. The number of ether oxygens (including phenoxy) is 1. The first-order chi connectivity index (χ1) is 7.06. The van der Waals surface area contributed by atoms with Crippen LogP contribution in [0.25, 0.3) is 0 Å². The highest BCUT2D eigenvalue weighted by molar-refractivity contribution is 5.03. The Morgan fingerprint density at radius 1 is 1.47 bits per heavy atom. The van der Waals surface area contributed by atoms with Crippen molar-refractivity contribution < 1.29 is 9.84 Å². The van der Waals surface area contributed by atoms with Gasteiger partial charge in [0.05, 0.1) is 12.7 Å². The monoisotopic (exact) mass is 215 g/mol. The highest BCUT2D eigenvalue weighted by Crippen LogP contribution is 2.42. The Labute approximate surface area is 93.2 Å². The summed E-state index contributed by atoms with van der Waals surface area (Å²) in [6.07, 6.45) is 2.41. The van der Waals surface area contributed by atoms with Crippen molar-refractivity contribution in [1.29, 1.82) is 0 Å². The van der Waals surface area contributed by atoms with Crippen molar-refractivity contribution in [3.8, 4) is 0 Å². The van der Waals surface area contributed by atoms with Gasteiger partial charge in [-0.05, 0) is 19.8 Å². The van der Waals surface area contributed by atoms with Crippen LogP contribution in [0.4, 0.5) is 0 Å². The van der Waals surface area contributed by atoms with Gasteiger partial charge in [-0.3, -0.25) is 0 Å². The summed E-state index contributed by atoms with van der Waals surface area (Å²) in [5.41, 5.74) is 0.193. The van der Waals surface area contributed by atoms with Gasteiger partial charge in [-0.15, -0.1) is 0 Å². The standard InChI is InChI=1S/C12H25NO2/c1-5-9(8-14)13-10-7-11(15-6-2)12(10,3)4/h9-11,13-14H,5-8H2,1-4H3. The smallest absolute Gasteiger partial charge is 0.0655 e. The van der Waals surface area contributed by atoms with E-state index in [1.165, 1.54) is 0 Å². The number of aliphatic hydroxyl groups excluding tert-OH is 1. The summed E-state index contributed by atoms with van der Waals surface area (Å²) >= 11 is 0. The van der Waals surface area contributed by atoms with Crippen LogP contribution in [0.15, 0.2) is 0 Å². The molecule has 3 unspecified atom stereocenters. The third-order valence-corrected chi connectivity index (χ3v) is 3.70. The van der Waals surface area contributed by atoms with Crippen LogP contribution in [0.3, 0.4) is 0 Å². The van der Waals surface area contributed by atoms with Gasteiger partial charge >= 0.3 is 0 Å². The number of hydrogen-bond donors (Lipinski definition) is 2. The Morgan fingerprint density at radius 3 is 2.53 bits per heavy atom. The molecule has 0 heterocycles. The first kappa shape index (κ1) is 12.9. The third-order valence-electron chi connectivity index (χ3n) is 3.70. The predicted molar refractivity (Wildman–Crippen MR) is 61.9 cm³/mol. The molecular formula is C12H25NO2. The molecule has 1 aliphatic rings. The zero-order valence-electron chi connectivity index (χ0n) is 10.4. The maximum Gasteiger partial charge on any atom is 0.0655 e. The van der Waals surface area contributed by atoms with Crippen LogP contribution < -0.4 is 5.32 Å². The van der Waals surface area contributed by atoms with E-state index >= 15 is 0 Å². The van der Waals surface area contributed by atoms with Crippen molar-refractivity contribution in [2.75, 3.05) is 13.2 Å². The van der Waals surface area contributed by atoms with Gasteiger partial charge in [-0.25, -0.2) is 0 Å². The van der Waals surface area contributed by atoms with Crippen LogP contribution in [-0.4, -0.2) is 36.5 Å². The van der Waals surface area contributed by atoms with Crippen LogP contribution in [0.1, 0.15) is 40.5 Å². The summed E-state index contributed by atoms with van der Waals surface area (Å²) in [4.78, 5) is 0. The summed E-state index contributed by atoms with van der Waals surface area (Å²) in [5, 5.41) is 12.6. The normalized spacial score (nSPS) is 31.0. The van der Waals surface area contributed by atoms with E-state index in [2.05, 4.69) is 26.1 Å². The maximum atomic E-state index is 9.14. The summed E-state index contributed by atoms with van der Waals surface area (Å²) in [5.74, 6) is 0. The van der Waals surface area contributed by atoms with E-state index in [0.717, 1.165) is 19.4 Å². The molecule has 0 spiro atoms. The molecule has 15 heavy (non-hydrogen) atoms. The van der Waals surface area contributed by atoms with Gasteiger partial charge in [0.25, 0.3) is 0 Å². The second kappa shape index (κ2) is 5.28. The van der Waals surface area contributed by atoms with Crippen molar-refractivity contribution in [2.45, 2.75) is 58.7 Å². The Kier molecular flexibility index (Phi) is 4.56. The fourth-order valence-corrected chi connectivity index (χ4v) is 2.24. The van der Waals surface area contributed by atoms with Crippen LogP contribution in [0.2, 0.25) is 0 Å². The van der Waals surface area contributed by atoms with Crippen molar-refractivity contribution in [2.24, 2.45) is 5.41 Å².